The molecule has 0 spiro atoms. The average Bonchev–Trinajstić information content (AvgIpc) is 3.10. The molecule has 2 saturated carbocycles. The van der Waals surface area contributed by atoms with Crippen molar-refractivity contribution in [1.29, 1.82) is 0 Å². The summed E-state index contributed by atoms with van der Waals surface area (Å²) in [7, 11) is 0. The van der Waals surface area contributed by atoms with Gasteiger partial charge in [-0.3, -0.25) is 0 Å². The minimum absolute atomic E-state index is 0.182. The zero-order valence-electron chi connectivity index (χ0n) is 12.1. The summed E-state index contributed by atoms with van der Waals surface area (Å²) < 4.78 is 6.12. The normalized spacial score (nSPS) is 22.7. The van der Waals surface area contributed by atoms with Crippen LogP contribution in [-0.4, -0.2) is 12.6 Å². The molecule has 1 aromatic carbocycles. The Balaban J connectivity index is 1.82. The van der Waals surface area contributed by atoms with Gasteiger partial charge in [-0.05, 0) is 51.5 Å². The summed E-state index contributed by atoms with van der Waals surface area (Å²) >= 11 is 0. The smallest absolute Gasteiger partial charge is 0.123 e. The second-order valence-corrected chi connectivity index (χ2v) is 6.55. The Hall–Kier alpha value is -1.02. The van der Waals surface area contributed by atoms with Crippen LogP contribution in [0, 0.1) is 12.8 Å². The van der Waals surface area contributed by atoms with E-state index in [1.54, 1.807) is 0 Å². The third-order valence-corrected chi connectivity index (χ3v) is 5.03. The van der Waals surface area contributed by atoms with Gasteiger partial charge in [0, 0.05) is 17.0 Å². The van der Waals surface area contributed by atoms with Crippen molar-refractivity contribution in [3.63, 3.8) is 0 Å². The lowest BCUT2D eigenvalue weighted by Gasteiger charge is -2.28. The quantitative estimate of drug-likeness (QED) is 0.877. The number of hydrogen-bond acceptors (Lipinski definition) is 2. The lowest BCUT2D eigenvalue weighted by atomic mass is 9.86. The molecule has 2 aliphatic rings. The molecule has 1 atom stereocenters. The molecule has 0 amide bonds. The summed E-state index contributed by atoms with van der Waals surface area (Å²) in [5, 5.41) is 0. The maximum atomic E-state index is 6.22. The summed E-state index contributed by atoms with van der Waals surface area (Å²) in [5.41, 5.74) is 9.06. The van der Waals surface area contributed by atoms with E-state index in [-0.39, 0.29) is 11.5 Å². The first kappa shape index (κ1) is 13.0. The summed E-state index contributed by atoms with van der Waals surface area (Å²) in [6.45, 7) is 5.16. The van der Waals surface area contributed by atoms with E-state index in [9.17, 15) is 0 Å². The van der Waals surface area contributed by atoms with E-state index < -0.39 is 0 Å². The molecular formula is C17H25NO. The fourth-order valence-corrected chi connectivity index (χ4v) is 3.13. The van der Waals surface area contributed by atoms with E-state index in [4.69, 9.17) is 10.5 Å². The second kappa shape index (κ2) is 4.82. The molecule has 2 nitrogen and oxygen atoms in total. The van der Waals surface area contributed by atoms with Crippen LogP contribution in [0.15, 0.2) is 18.2 Å². The number of rotatable bonds is 5. The average molecular weight is 259 g/mol. The number of benzene rings is 1. The molecular weight excluding hydrogens is 234 g/mol. The van der Waals surface area contributed by atoms with Gasteiger partial charge in [0.2, 0.25) is 0 Å². The van der Waals surface area contributed by atoms with E-state index >= 15 is 0 Å². The van der Waals surface area contributed by atoms with Crippen LogP contribution in [0.3, 0.4) is 0 Å². The molecule has 3 rings (SSSR count). The van der Waals surface area contributed by atoms with Gasteiger partial charge in [-0.2, -0.15) is 0 Å². The Kier molecular flexibility index (Phi) is 3.30. The zero-order chi connectivity index (χ0) is 13.5. The maximum absolute atomic E-state index is 6.22. The van der Waals surface area contributed by atoms with Gasteiger partial charge in [0.1, 0.15) is 5.75 Å². The van der Waals surface area contributed by atoms with Crippen LogP contribution in [0.1, 0.15) is 50.2 Å². The van der Waals surface area contributed by atoms with Gasteiger partial charge in [-0.15, -0.1) is 0 Å². The molecule has 2 N–H and O–H groups in total. The van der Waals surface area contributed by atoms with Crippen molar-refractivity contribution in [2.75, 3.05) is 6.61 Å². The predicted octanol–water partition coefficient (Wildman–Crippen LogP) is 3.55. The van der Waals surface area contributed by atoms with E-state index in [0.29, 0.717) is 0 Å². The fraction of sp³-hybridized carbons (Fsp3) is 0.647. The van der Waals surface area contributed by atoms with Crippen molar-refractivity contribution in [1.82, 2.24) is 0 Å². The molecule has 0 aliphatic heterocycles. The van der Waals surface area contributed by atoms with Gasteiger partial charge in [0.25, 0.3) is 0 Å². The first-order valence-corrected chi connectivity index (χ1v) is 7.61. The highest BCUT2D eigenvalue weighted by molar-refractivity contribution is 5.46. The fourth-order valence-electron chi connectivity index (χ4n) is 3.13. The molecule has 2 aliphatic carbocycles. The second-order valence-electron chi connectivity index (χ2n) is 6.55. The molecule has 0 saturated heterocycles. The van der Waals surface area contributed by atoms with Crippen LogP contribution in [0.5, 0.6) is 5.75 Å². The highest BCUT2D eigenvalue weighted by Crippen LogP contribution is 2.53. The van der Waals surface area contributed by atoms with E-state index in [1.165, 1.54) is 43.2 Å². The summed E-state index contributed by atoms with van der Waals surface area (Å²) in [4.78, 5) is 0. The summed E-state index contributed by atoms with van der Waals surface area (Å²) in [6.07, 6.45) is 6.44. The zero-order valence-corrected chi connectivity index (χ0v) is 12.1. The highest BCUT2D eigenvalue weighted by Gasteiger charge is 2.49. The standard InChI is InChI=1S/C17H25NO/c1-12-6-7-16(19-11-14-4-3-5-14)15(10-12)17(8-9-17)13(2)18/h6-7,10,13-14H,3-5,8-9,11,18H2,1-2H3. The molecule has 1 unspecified atom stereocenters. The third-order valence-electron chi connectivity index (χ3n) is 5.03. The Labute approximate surface area is 116 Å². The number of hydrogen-bond donors (Lipinski definition) is 1. The van der Waals surface area contributed by atoms with Crippen molar-refractivity contribution in [2.45, 2.75) is 57.4 Å². The molecule has 0 radical (unpaired) electrons. The topological polar surface area (TPSA) is 35.2 Å². The minimum Gasteiger partial charge on any atom is -0.493 e. The minimum atomic E-state index is 0.182. The SMILES string of the molecule is Cc1ccc(OCC2CCC2)c(C2(C(C)N)CC2)c1. The molecule has 0 heterocycles. The Morgan fingerprint density at radius 2 is 2.11 bits per heavy atom. The van der Waals surface area contributed by atoms with Crippen molar-refractivity contribution in [3.8, 4) is 5.75 Å². The lowest BCUT2D eigenvalue weighted by Crippen LogP contribution is -2.32. The molecule has 0 aromatic heterocycles. The number of nitrogens with two attached hydrogens (primary N) is 1. The van der Waals surface area contributed by atoms with Crippen molar-refractivity contribution in [2.24, 2.45) is 11.7 Å². The van der Waals surface area contributed by atoms with Gasteiger partial charge in [0.15, 0.2) is 0 Å². The molecule has 0 bridgehead atoms. The lowest BCUT2D eigenvalue weighted by molar-refractivity contribution is 0.178. The van der Waals surface area contributed by atoms with Gasteiger partial charge >= 0.3 is 0 Å². The van der Waals surface area contributed by atoms with Gasteiger partial charge in [-0.25, -0.2) is 0 Å². The Morgan fingerprint density at radius 1 is 1.37 bits per heavy atom. The van der Waals surface area contributed by atoms with Crippen molar-refractivity contribution >= 4 is 0 Å². The van der Waals surface area contributed by atoms with Crippen molar-refractivity contribution in [3.05, 3.63) is 29.3 Å². The first-order valence-electron chi connectivity index (χ1n) is 7.61. The summed E-state index contributed by atoms with van der Waals surface area (Å²) in [6, 6.07) is 6.79. The molecule has 104 valence electrons. The first-order chi connectivity index (χ1) is 9.12. The molecule has 2 fully saturated rings. The van der Waals surface area contributed by atoms with E-state index in [1.807, 2.05) is 0 Å². The predicted molar refractivity (Wildman–Crippen MR) is 78.6 cm³/mol. The van der Waals surface area contributed by atoms with Crippen molar-refractivity contribution < 1.29 is 4.74 Å². The maximum Gasteiger partial charge on any atom is 0.123 e. The monoisotopic (exact) mass is 259 g/mol. The van der Waals surface area contributed by atoms with Crippen LogP contribution in [0.25, 0.3) is 0 Å². The highest BCUT2D eigenvalue weighted by atomic mass is 16.5. The molecule has 19 heavy (non-hydrogen) atoms. The Morgan fingerprint density at radius 3 is 2.63 bits per heavy atom. The van der Waals surface area contributed by atoms with Crippen LogP contribution in [-0.2, 0) is 5.41 Å². The van der Waals surface area contributed by atoms with Gasteiger partial charge in [-0.1, -0.05) is 24.1 Å². The largest absolute Gasteiger partial charge is 0.493 e. The van der Waals surface area contributed by atoms with E-state index in [2.05, 4.69) is 32.0 Å². The summed E-state index contributed by atoms with van der Waals surface area (Å²) in [5.74, 6) is 1.85. The molecule has 1 aromatic rings. The van der Waals surface area contributed by atoms with Gasteiger partial charge in [0.05, 0.1) is 6.61 Å². The van der Waals surface area contributed by atoms with E-state index in [0.717, 1.165) is 18.3 Å². The third kappa shape index (κ3) is 2.38. The number of ether oxygens (including phenoxy) is 1. The van der Waals surface area contributed by atoms with Crippen LogP contribution < -0.4 is 10.5 Å². The van der Waals surface area contributed by atoms with Crippen LogP contribution in [0.4, 0.5) is 0 Å². The molecule has 2 heteroatoms. The number of aryl methyl sites for hydroxylation is 1. The van der Waals surface area contributed by atoms with Crippen LogP contribution >= 0.6 is 0 Å². The Bertz CT molecular complexity index is 458. The van der Waals surface area contributed by atoms with Gasteiger partial charge < -0.3 is 10.5 Å². The van der Waals surface area contributed by atoms with Crippen LogP contribution in [0.2, 0.25) is 0 Å².